The van der Waals surface area contributed by atoms with Crippen molar-refractivity contribution in [1.82, 2.24) is 4.98 Å². The van der Waals surface area contributed by atoms with E-state index in [-0.39, 0.29) is 13.2 Å². The molecule has 0 spiro atoms. The van der Waals surface area contributed by atoms with Gasteiger partial charge in [-0.1, -0.05) is 0 Å². The molecular formula is C14H13ClF5NO5. The number of hydrogen-bond donors (Lipinski definition) is 0. The number of esters is 2. The third kappa shape index (κ3) is 4.51. The van der Waals surface area contributed by atoms with Gasteiger partial charge in [0.25, 0.3) is 0 Å². The summed E-state index contributed by atoms with van der Waals surface area (Å²) in [5.74, 6) is -4.18. The Balaban J connectivity index is 4.08. The van der Waals surface area contributed by atoms with Gasteiger partial charge in [-0.2, -0.15) is 22.0 Å². The molecule has 26 heavy (non-hydrogen) atoms. The van der Waals surface area contributed by atoms with Gasteiger partial charge in [-0.25, -0.2) is 14.6 Å². The summed E-state index contributed by atoms with van der Waals surface area (Å²) in [6.45, 7) is 1.90. The topological polar surface area (TPSA) is 74.7 Å². The molecule has 0 aliphatic rings. The standard InChI is InChI=1S/C14H13ClF5NO5/c1-4-25-8-6(11(22)24-3)9(13(15,16)17)21-10(14(18,19)20)7(8)12(23)26-5-2/h4-5H2,1-3H3. The zero-order valence-corrected chi connectivity index (χ0v) is 14.4. The SMILES string of the molecule is CCOC(=O)c1c(C(F)(F)F)nc(C(F)(F)Cl)c(C(=O)OC)c1OCC. The molecule has 1 rings (SSSR count). The molecule has 0 amide bonds. The maximum atomic E-state index is 13.6. The first-order valence-electron chi connectivity index (χ1n) is 7.00. The Morgan fingerprint density at radius 2 is 1.54 bits per heavy atom. The Bertz CT molecular complexity index is 702. The van der Waals surface area contributed by atoms with Crippen molar-refractivity contribution in [3.05, 3.63) is 22.5 Å². The number of aromatic nitrogens is 1. The molecule has 1 aromatic rings. The molecule has 0 radical (unpaired) electrons. The highest BCUT2D eigenvalue weighted by Crippen LogP contribution is 2.43. The Morgan fingerprint density at radius 3 is 1.92 bits per heavy atom. The van der Waals surface area contributed by atoms with E-state index < -0.39 is 51.8 Å². The van der Waals surface area contributed by atoms with Crippen molar-refractivity contribution in [2.75, 3.05) is 20.3 Å². The van der Waals surface area contributed by atoms with Crippen LogP contribution >= 0.6 is 11.6 Å². The minimum Gasteiger partial charge on any atom is -0.492 e. The summed E-state index contributed by atoms with van der Waals surface area (Å²) in [4.78, 5) is 26.7. The van der Waals surface area contributed by atoms with Crippen LogP contribution in [0.3, 0.4) is 0 Å². The molecule has 0 saturated heterocycles. The number of alkyl halides is 6. The van der Waals surface area contributed by atoms with Crippen LogP contribution in [0.5, 0.6) is 5.75 Å². The molecule has 146 valence electrons. The summed E-state index contributed by atoms with van der Waals surface area (Å²) in [5.41, 5.74) is -6.31. The second kappa shape index (κ2) is 8.02. The second-order valence-corrected chi connectivity index (χ2v) is 5.00. The normalized spacial score (nSPS) is 11.9. The number of carbonyl (C=O) groups excluding carboxylic acids is 2. The van der Waals surface area contributed by atoms with Crippen LogP contribution < -0.4 is 4.74 Å². The maximum absolute atomic E-state index is 13.6. The minimum absolute atomic E-state index is 0.331. The third-order valence-corrected chi connectivity index (χ3v) is 3.03. The zero-order chi connectivity index (χ0) is 20.3. The summed E-state index contributed by atoms with van der Waals surface area (Å²) >= 11 is 4.81. The number of ether oxygens (including phenoxy) is 3. The zero-order valence-electron chi connectivity index (χ0n) is 13.7. The van der Waals surface area contributed by atoms with Gasteiger partial charge in [0.15, 0.2) is 11.4 Å². The quantitative estimate of drug-likeness (QED) is 0.407. The van der Waals surface area contributed by atoms with Crippen molar-refractivity contribution < 1.29 is 45.8 Å². The van der Waals surface area contributed by atoms with Gasteiger partial charge >= 0.3 is 23.5 Å². The number of pyridine rings is 1. The van der Waals surface area contributed by atoms with Gasteiger partial charge in [0.05, 0.1) is 20.3 Å². The first-order chi connectivity index (χ1) is 11.9. The van der Waals surface area contributed by atoms with Crippen molar-refractivity contribution in [2.24, 2.45) is 0 Å². The summed E-state index contributed by atoms with van der Waals surface area (Å²) in [7, 11) is 0.788. The monoisotopic (exact) mass is 405 g/mol. The van der Waals surface area contributed by atoms with Crippen LogP contribution in [-0.2, 0) is 21.0 Å². The Labute approximate surface area is 149 Å². The van der Waals surface area contributed by atoms with Gasteiger partial charge in [0.2, 0.25) is 0 Å². The predicted molar refractivity (Wildman–Crippen MR) is 77.5 cm³/mol. The van der Waals surface area contributed by atoms with E-state index in [9.17, 15) is 31.5 Å². The van der Waals surface area contributed by atoms with Gasteiger partial charge in [0, 0.05) is 0 Å². The van der Waals surface area contributed by atoms with E-state index in [1.54, 1.807) is 0 Å². The van der Waals surface area contributed by atoms with Crippen LogP contribution in [-0.4, -0.2) is 37.2 Å². The van der Waals surface area contributed by atoms with E-state index >= 15 is 0 Å². The molecule has 0 aromatic carbocycles. The molecule has 0 atom stereocenters. The number of halogens is 6. The average Bonchev–Trinajstić information content (AvgIpc) is 2.51. The van der Waals surface area contributed by atoms with E-state index in [1.807, 2.05) is 0 Å². The summed E-state index contributed by atoms with van der Waals surface area (Å²) in [5, 5.41) is -4.48. The fourth-order valence-corrected chi connectivity index (χ4v) is 2.08. The first kappa shape index (κ1) is 21.9. The van der Waals surface area contributed by atoms with E-state index in [0.29, 0.717) is 0 Å². The lowest BCUT2D eigenvalue weighted by Gasteiger charge is -2.21. The molecule has 6 nitrogen and oxygen atoms in total. The number of carbonyl (C=O) groups is 2. The lowest BCUT2D eigenvalue weighted by atomic mass is 10.0. The first-order valence-corrected chi connectivity index (χ1v) is 7.38. The highest BCUT2D eigenvalue weighted by molar-refractivity contribution is 6.22. The smallest absolute Gasteiger partial charge is 0.434 e. The van der Waals surface area contributed by atoms with E-state index in [0.717, 1.165) is 7.11 Å². The molecule has 0 aliphatic carbocycles. The molecule has 1 aromatic heterocycles. The summed E-state index contributed by atoms with van der Waals surface area (Å²) in [6.07, 6.45) is -5.35. The summed E-state index contributed by atoms with van der Waals surface area (Å²) < 4.78 is 80.9. The summed E-state index contributed by atoms with van der Waals surface area (Å²) in [6, 6.07) is 0. The van der Waals surface area contributed by atoms with Gasteiger partial charge in [0.1, 0.15) is 16.8 Å². The minimum atomic E-state index is -5.35. The average molecular weight is 406 g/mol. The molecule has 0 unspecified atom stereocenters. The van der Waals surface area contributed by atoms with Gasteiger partial charge in [-0.15, -0.1) is 0 Å². The van der Waals surface area contributed by atoms with Gasteiger partial charge in [-0.05, 0) is 25.4 Å². The van der Waals surface area contributed by atoms with Crippen molar-refractivity contribution in [3.8, 4) is 5.75 Å². The number of nitrogens with zero attached hydrogens (tertiary/aromatic N) is 1. The van der Waals surface area contributed by atoms with Crippen molar-refractivity contribution in [3.63, 3.8) is 0 Å². The number of methoxy groups -OCH3 is 1. The molecule has 0 fully saturated rings. The van der Waals surface area contributed by atoms with Gasteiger partial charge < -0.3 is 14.2 Å². The fourth-order valence-electron chi connectivity index (χ4n) is 1.95. The van der Waals surface area contributed by atoms with Crippen molar-refractivity contribution >= 4 is 23.5 Å². The van der Waals surface area contributed by atoms with Crippen LogP contribution in [0.1, 0.15) is 46.0 Å². The molecule has 0 bridgehead atoms. The molecule has 0 aliphatic heterocycles. The van der Waals surface area contributed by atoms with Crippen LogP contribution in [0.15, 0.2) is 0 Å². The fraction of sp³-hybridized carbons (Fsp3) is 0.500. The molecule has 0 saturated carbocycles. The molecule has 0 N–H and O–H groups in total. The molecule has 12 heteroatoms. The lowest BCUT2D eigenvalue weighted by Crippen LogP contribution is -2.26. The number of hydrogen-bond acceptors (Lipinski definition) is 6. The van der Waals surface area contributed by atoms with E-state index in [4.69, 9.17) is 16.3 Å². The molecule has 1 heterocycles. The Hall–Kier alpha value is -2.17. The van der Waals surface area contributed by atoms with Gasteiger partial charge in [-0.3, -0.25) is 0 Å². The van der Waals surface area contributed by atoms with E-state index in [2.05, 4.69) is 14.5 Å². The lowest BCUT2D eigenvalue weighted by molar-refractivity contribution is -0.142. The number of rotatable bonds is 6. The highest BCUT2D eigenvalue weighted by Gasteiger charge is 2.47. The van der Waals surface area contributed by atoms with Crippen LogP contribution in [0.4, 0.5) is 22.0 Å². The Kier molecular flexibility index (Phi) is 6.75. The van der Waals surface area contributed by atoms with E-state index in [1.165, 1.54) is 13.8 Å². The van der Waals surface area contributed by atoms with Crippen molar-refractivity contribution in [2.45, 2.75) is 25.4 Å². The third-order valence-electron chi connectivity index (χ3n) is 2.85. The van der Waals surface area contributed by atoms with Crippen LogP contribution in [0.2, 0.25) is 0 Å². The van der Waals surface area contributed by atoms with Crippen molar-refractivity contribution in [1.29, 1.82) is 0 Å². The Morgan fingerprint density at radius 1 is 1.00 bits per heavy atom. The predicted octanol–water partition coefficient (Wildman–Crippen LogP) is 3.75. The largest absolute Gasteiger partial charge is 0.492 e. The van der Waals surface area contributed by atoms with Crippen LogP contribution in [0, 0.1) is 0 Å². The highest BCUT2D eigenvalue weighted by atomic mass is 35.5. The maximum Gasteiger partial charge on any atom is 0.434 e. The molecular weight excluding hydrogens is 393 g/mol. The second-order valence-electron chi connectivity index (χ2n) is 4.53. The van der Waals surface area contributed by atoms with Crippen LogP contribution in [0.25, 0.3) is 0 Å².